The molecular weight excluding hydrogens is 450 g/mol. The molecule has 0 aromatic rings. The number of rotatable bonds is 22. The van der Waals surface area contributed by atoms with Gasteiger partial charge in [0.1, 0.15) is 12.2 Å². The summed E-state index contributed by atoms with van der Waals surface area (Å²) >= 11 is 0. The molecule has 0 saturated heterocycles. The highest BCUT2D eigenvalue weighted by atomic mass is 16.6. The average molecular weight is 494 g/mol. The van der Waals surface area contributed by atoms with Gasteiger partial charge in [-0.15, -0.1) is 0 Å². The van der Waals surface area contributed by atoms with E-state index < -0.39 is 17.7 Å². The molecular formula is C23H43NO10. The summed E-state index contributed by atoms with van der Waals surface area (Å²) in [4.78, 5) is 22.6. The standard InChI is InChI=1S/C23H43NO10/c1-20(2)21(25)33-19-18-32-17-16-31-15-14-30-13-12-29-11-10-28-9-8-27-7-6-24-22(26)34-23(3,4)5/h1,6-19H2,2-5H3,(H,24,26). The van der Waals surface area contributed by atoms with Gasteiger partial charge in [0.2, 0.25) is 0 Å². The van der Waals surface area contributed by atoms with Crippen molar-refractivity contribution >= 4 is 12.1 Å². The van der Waals surface area contributed by atoms with Crippen molar-refractivity contribution in [3.63, 3.8) is 0 Å². The third-order valence-corrected chi connectivity index (χ3v) is 3.58. The lowest BCUT2D eigenvalue weighted by molar-refractivity contribution is -0.140. The maximum Gasteiger partial charge on any atom is 0.407 e. The summed E-state index contributed by atoms with van der Waals surface area (Å²) in [6.07, 6.45) is -0.455. The number of nitrogens with one attached hydrogen (secondary N) is 1. The zero-order valence-electron chi connectivity index (χ0n) is 21.2. The number of amides is 1. The first kappa shape index (κ1) is 32.2. The lowest BCUT2D eigenvalue weighted by atomic mass is 10.2. The van der Waals surface area contributed by atoms with Gasteiger partial charge >= 0.3 is 12.1 Å². The number of ether oxygens (including phenoxy) is 8. The van der Waals surface area contributed by atoms with Crippen LogP contribution in [0.4, 0.5) is 4.79 Å². The summed E-state index contributed by atoms with van der Waals surface area (Å²) in [5.74, 6) is -0.415. The van der Waals surface area contributed by atoms with Gasteiger partial charge in [-0.3, -0.25) is 0 Å². The summed E-state index contributed by atoms with van der Waals surface area (Å²) in [6, 6.07) is 0. The van der Waals surface area contributed by atoms with E-state index in [-0.39, 0.29) is 6.61 Å². The van der Waals surface area contributed by atoms with Crippen molar-refractivity contribution in [3.05, 3.63) is 12.2 Å². The Morgan fingerprint density at radius 3 is 1.35 bits per heavy atom. The van der Waals surface area contributed by atoms with Crippen LogP contribution in [0.25, 0.3) is 0 Å². The number of carbonyl (C=O) groups excluding carboxylic acids is 2. The van der Waals surface area contributed by atoms with E-state index in [9.17, 15) is 9.59 Å². The van der Waals surface area contributed by atoms with Gasteiger partial charge in [-0.2, -0.15) is 0 Å². The largest absolute Gasteiger partial charge is 0.460 e. The normalized spacial score (nSPS) is 11.3. The van der Waals surface area contributed by atoms with Crippen molar-refractivity contribution in [3.8, 4) is 0 Å². The van der Waals surface area contributed by atoms with Crippen molar-refractivity contribution in [2.75, 3.05) is 92.4 Å². The molecule has 0 unspecified atom stereocenters. The number of hydrogen-bond acceptors (Lipinski definition) is 10. The van der Waals surface area contributed by atoms with Crippen LogP contribution >= 0.6 is 0 Å². The highest BCUT2D eigenvalue weighted by molar-refractivity contribution is 5.86. The molecule has 1 amide bonds. The van der Waals surface area contributed by atoms with Crippen molar-refractivity contribution in [1.82, 2.24) is 5.32 Å². The molecule has 34 heavy (non-hydrogen) atoms. The third-order valence-electron chi connectivity index (χ3n) is 3.58. The number of esters is 1. The number of hydrogen-bond donors (Lipinski definition) is 1. The second kappa shape index (κ2) is 21.8. The summed E-state index contributed by atoms with van der Waals surface area (Å²) in [5, 5.41) is 2.62. The molecule has 0 atom stereocenters. The minimum Gasteiger partial charge on any atom is -0.460 e. The molecule has 11 nitrogen and oxygen atoms in total. The molecule has 11 heteroatoms. The Kier molecular flexibility index (Phi) is 20.6. The minimum atomic E-state index is -0.510. The van der Waals surface area contributed by atoms with Gasteiger partial charge < -0.3 is 43.2 Å². The summed E-state index contributed by atoms with van der Waals surface area (Å²) in [6.45, 7) is 16.4. The second-order valence-corrected chi connectivity index (χ2v) is 8.02. The maximum absolute atomic E-state index is 11.4. The first-order chi connectivity index (χ1) is 16.2. The Morgan fingerprint density at radius 1 is 0.647 bits per heavy atom. The molecule has 0 aliphatic heterocycles. The fourth-order valence-corrected chi connectivity index (χ4v) is 2.06. The van der Waals surface area contributed by atoms with E-state index in [4.69, 9.17) is 37.9 Å². The lowest BCUT2D eigenvalue weighted by Gasteiger charge is -2.19. The van der Waals surface area contributed by atoms with Gasteiger partial charge in [-0.05, 0) is 27.7 Å². The van der Waals surface area contributed by atoms with Gasteiger partial charge in [0, 0.05) is 12.1 Å². The summed E-state index contributed by atoms with van der Waals surface area (Å²) in [7, 11) is 0. The average Bonchev–Trinajstić information content (AvgIpc) is 2.75. The molecule has 0 rings (SSSR count). The molecule has 0 aliphatic carbocycles. The molecule has 0 aromatic heterocycles. The van der Waals surface area contributed by atoms with Crippen molar-refractivity contribution < 1.29 is 47.5 Å². The maximum atomic E-state index is 11.4. The van der Waals surface area contributed by atoms with Gasteiger partial charge in [0.25, 0.3) is 0 Å². The van der Waals surface area contributed by atoms with Crippen LogP contribution < -0.4 is 5.32 Å². The Hall–Kier alpha value is -1.76. The van der Waals surface area contributed by atoms with E-state index in [2.05, 4.69) is 11.9 Å². The molecule has 0 fully saturated rings. The molecule has 0 bridgehead atoms. The molecule has 0 radical (unpaired) electrons. The summed E-state index contributed by atoms with van der Waals surface area (Å²) in [5.41, 5.74) is -0.142. The Bertz CT molecular complexity index is 536. The van der Waals surface area contributed by atoms with E-state index in [0.29, 0.717) is 91.4 Å². The van der Waals surface area contributed by atoms with E-state index in [1.807, 2.05) is 20.8 Å². The molecule has 0 heterocycles. The quantitative estimate of drug-likeness (QED) is 0.136. The fourth-order valence-electron chi connectivity index (χ4n) is 2.06. The first-order valence-corrected chi connectivity index (χ1v) is 11.5. The van der Waals surface area contributed by atoms with Crippen LogP contribution in [0.5, 0.6) is 0 Å². The van der Waals surface area contributed by atoms with Crippen LogP contribution in [-0.4, -0.2) is 110 Å². The highest BCUT2D eigenvalue weighted by Gasteiger charge is 2.15. The Labute approximate surface area is 203 Å². The molecule has 0 aliphatic rings. The van der Waals surface area contributed by atoms with Gasteiger partial charge in [-0.1, -0.05) is 6.58 Å². The van der Waals surface area contributed by atoms with Crippen LogP contribution in [0.3, 0.4) is 0 Å². The van der Waals surface area contributed by atoms with Crippen LogP contribution in [0.1, 0.15) is 27.7 Å². The van der Waals surface area contributed by atoms with E-state index in [1.54, 1.807) is 6.92 Å². The van der Waals surface area contributed by atoms with E-state index in [1.165, 1.54) is 0 Å². The van der Waals surface area contributed by atoms with Gasteiger partial charge in [0.05, 0.1) is 79.3 Å². The number of alkyl carbamates (subject to hydrolysis) is 1. The number of carbonyl (C=O) groups is 2. The highest BCUT2D eigenvalue weighted by Crippen LogP contribution is 2.06. The predicted octanol–water partition coefficient (Wildman–Crippen LogP) is 1.73. The third kappa shape index (κ3) is 24.9. The monoisotopic (exact) mass is 493 g/mol. The molecule has 1 N–H and O–H groups in total. The smallest absolute Gasteiger partial charge is 0.407 e. The molecule has 200 valence electrons. The predicted molar refractivity (Wildman–Crippen MR) is 125 cm³/mol. The lowest BCUT2D eigenvalue weighted by Crippen LogP contribution is -2.34. The summed E-state index contributed by atoms with van der Waals surface area (Å²) < 4.78 is 42.2. The molecule has 0 aromatic carbocycles. The second-order valence-electron chi connectivity index (χ2n) is 8.02. The van der Waals surface area contributed by atoms with Crippen LogP contribution in [0, 0.1) is 0 Å². The van der Waals surface area contributed by atoms with Crippen LogP contribution in [0.15, 0.2) is 12.2 Å². The van der Waals surface area contributed by atoms with Crippen molar-refractivity contribution in [1.29, 1.82) is 0 Å². The zero-order chi connectivity index (χ0) is 25.5. The molecule has 0 spiro atoms. The van der Waals surface area contributed by atoms with Crippen molar-refractivity contribution in [2.24, 2.45) is 0 Å². The van der Waals surface area contributed by atoms with E-state index >= 15 is 0 Å². The van der Waals surface area contributed by atoms with Gasteiger partial charge in [-0.25, -0.2) is 9.59 Å². The van der Waals surface area contributed by atoms with Gasteiger partial charge in [0.15, 0.2) is 0 Å². The van der Waals surface area contributed by atoms with Crippen LogP contribution in [0.2, 0.25) is 0 Å². The van der Waals surface area contributed by atoms with E-state index in [0.717, 1.165) is 0 Å². The topological polar surface area (TPSA) is 120 Å². The Morgan fingerprint density at radius 2 is 1.00 bits per heavy atom. The zero-order valence-corrected chi connectivity index (χ0v) is 21.2. The fraction of sp³-hybridized carbons (Fsp3) is 0.826. The van der Waals surface area contributed by atoms with Crippen molar-refractivity contribution in [2.45, 2.75) is 33.3 Å². The van der Waals surface area contributed by atoms with Crippen LogP contribution in [-0.2, 0) is 42.7 Å². The molecule has 0 saturated carbocycles. The SMILES string of the molecule is C=C(C)C(=O)OCCOCCOCCOCCOCCOCCOCCNC(=O)OC(C)(C)C. The Balaban J connectivity index is 3.16. The first-order valence-electron chi connectivity index (χ1n) is 11.5. The minimum absolute atomic E-state index is 0.197.